The normalized spacial score (nSPS) is 14.9. The summed E-state index contributed by atoms with van der Waals surface area (Å²) >= 11 is 0. The van der Waals surface area contributed by atoms with Gasteiger partial charge in [-0.2, -0.15) is 5.10 Å². The van der Waals surface area contributed by atoms with Crippen LogP contribution in [0.3, 0.4) is 0 Å². The Morgan fingerprint density at radius 3 is 2.69 bits per heavy atom. The molecule has 8 heteroatoms. The molecular formula is C21H24N6O2. The smallest absolute Gasteiger partial charge is 0.261 e. The number of carbonyl (C=O) groups is 1. The van der Waals surface area contributed by atoms with Crippen molar-refractivity contribution in [2.24, 2.45) is 5.73 Å². The van der Waals surface area contributed by atoms with Crippen molar-refractivity contribution in [1.82, 2.24) is 19.7 Å². The van der Waals surface area contributed by atoms with Gasteiger partial charge in [-0.05, 0) is 45.4 Å². The maximum atomic E-state index is 13.3. The number of amides is 1. The van der Waals surface area contributed by atoms with Gasteiger partial charge < -0.3 is 10.5 Å². The van der Waals surface area contributed by atoms with Gasteiger partial charge in [0.2, 0.25) is 0 Å². The maximum Gasteiger partial charge on any atom is 0.261 e. The van der Waals surface area contributed by atoms with E-state index in [1.54, 1.807) is 34.4 Å². The molecule has 0 unspecified atom stereocenters. The van der Waals surface area contributed by atoms with E-state index >= 15 is 0 Å². The van der Waals surface area contributed by atoms with Gasteiger partial charge in [0.25, 0.3) is 5.91 Å². The minimum absolute atomic E-state index is 0.0840. The Bertz CT molecular complexity index is 1090. The first-order chi connectivity index (χ1) is 13.9. The van der Waals surface area contributed by atoms with Crippen molar-refractivity contribution in [3.63, 3.8) is 0 Å². The molecule has 0 spiro atoms. The Labute approximate surface area is 169 Å². The number of aromatic nitrogens is 4. The predicted octanol–water partition coefficient (Wildman–Crippen LogP) is 2.86. The van der Waals surface area contributed by atoms with Crippen LogP contribution < -0.4 is 15.4 Å². The number of rotatable bonds is 5. The molecule has 0 fully saturated rings. The Balaban J connectivity index is 1.81. The molecule has 0 bridgehead atoms. The highest BCUT2D eigenvalue weighted by Gasteiger charge is 2.46. The van der Waals surface area contributed by atoms with E-state index in [9.17, 15) is 4.79 Å². The zero-order chi connectivity index (χ0) is 20.8. The van der Waals surface area contributed by atoms with Gasteiger partial charge in [0, 0.05) is 11.8 Å². The van der Waals surface area contributed by atoms with Crippen LogP contribution in [0.1, 0.15) is 42.4 Å². The quantitative estimate of drug-likeness (QED) is 0.717. The fraction of sp³-hybridized carbons (Fsp3) is 0.333. The van der Waals surface area contributed by atoms with Gasteiger partial charge in [-0.15, -0.1) is 0 Å². The summed E-state index contributed by atoms with van der Waals surface area (Å²) in [5.74, 6) is 0.607. The van der Waals surface area contributed by atoms with Crippen LogP contribution in [0.15, 0.2) is 36.9 Å². The molecule has 3 aromatic heterocycles. The van der Waals surface area contributed by atoms with Gasteiger partial charge in [0.1, 0.15) is 5.75 Å². The van der Waals surface area contributed by atoms with E-state index in [0.29, 0.717) is 23.6 Å². The standard InChI is InChI=1S/C21H24N6O2/c1-5-29-16-7-14(8-23-10-16)17-6-13(2)18-19(25-17)21(3,4)27(20(18)28)15-9-24-26(11-15)12-22/h6-11H,5,12,22H2,1-4H3. The third-order valence-corrected chi connectivity index (χ3v) is 5.16. The van der Waals surface area contributed by atoms with E-state index in [1.165, 1.54) is 0 Å². The lowest BCUT2D eigenvalue weighted by Crippen LogP contribution is -2.39. The third kappa shape index (κ3) is 3.05. The van der Waals surface area contributed by atoms with Crippen LogP contribution in [0.25, 0.3) is 11.3 Å². The van der Waals surface area contributed by atoms with Crippen LogP contribution >= 0.6 is 0 Å². The van der Waals surface area contributed by atoms with Crippen molar-refractivity contribution in [3.05, 3.63) is 53.7 Å². The molecule has 29 heavy (non-hydrogen) atoms. The van der Waals surface area contributed by atoms with Crippen molar-refractivity contribution in [2.75, 3.05) is 11.5 Å². The Kier molecular flexibility index (Phi) is 4.58. The van der Waals surface area contributed by atoms with Crippen molar-refractivity contribution < 1.29 is 9.53 Å². The molecule has 0 saturated carbocycles. The van der Waals surface area contributed by atoms with Crippen LogP contribution in [-0.4, -0.2) is 32.3 Å². The lowest BCUT2D eigenvalue weighted by atomic mass is 9.96. The number of hydrogen-bond donors (Lipinski definition) is 1. The number of anilines is 1. The van der Waals surface area contributed by atoms with Crippen LogP contribution in [0.4, 0.5) is 5.69 Å². The van der Waals surface area contributed by atoms with Crippen molar-refractivity contribution in [2.45, 2.75) is 39.9 Å². The van der Waals surface area contributed by atoms with Crippen LogP contribution in [-0.2, 0) is 12.2 Å². The molecule has 0 aliphatic carbocycles. The van der Waals surface area contributed by atoms with E-state index in [2.05, 4.69) is 10.1 Å². The number of nitrogens with two attached hydrogens (primary N) is 1. The van der Waals surface area contributed by atoms with Crippen LogP contribution in [0.2, 0.25) is 0 Å². The van der Waals surface area contributed by atoms with Gasteiger partial charge >= 0.3 is 0 Å². The number of fused-ring (bicyclic) bond motifs is 1. The Morgan fingerprint density at radius 2 is 2.00 bits per heavy atom. The molecule has 3 aromatic rings. The Morgan fingerprint density at radius 1 is 1.21 bits per heavy atom. The lowest BCUT2D eigenvalue weighted by Gasteiger charge is -2.30. The summed E-state index contributed by atoms with van der Waals surface area (Å²) < 4.78 is 7.16. The van der Waals surface area contributed by atoms with Gasteiger partial charge in [-0.3, -0.25) is 19.4 Å². The summed E-state index contributed by atoms with van der Waals surface area (Å²) in [7, 11) is 0. The largest absolute Gasteiger partial charge is 0.492 e. The van der Waals surface area contributed by atoms with Crippen molar-refractivity contribution in [1.29, 1.82) is 0 Å². The molecule has 2 N–H and O–H groups in total. The fourth-order valence-electron chi connectivity index (χ4n) is 3.82. The van der Waals surface area contributed by atoms with Gasteiger partial charge in [0.15, 0.2) is 0 Å². The molecule has 0 saturated heterocycles. The van der Waals surface area contributed by atoms with Gasteiger partial charge in [0.05, 0.1) is 60.0 Å². The molecule has 0 radical (unpaired) electrons. The van der Waals surface area contributed by atoms with E-state index in [0.717, 1.165) is 22.5 Å². The van der Waals surface area contributed by atoms with E-state index in [4.69, 9.17) is 15.5 Å². The zero-order valence-corrected chi connectivity index (χ0v) is 17.0. The molecule has 1 aliphatic heterocycles. The highest BCUT2D eigenvalue weighted by molar-refractivity contribution is 6.12. The molecule has 1 amide bonds. The zero-order valence-electron chi connectivity index (χ0n) is 17.0. The average molecular weight is 392 g/mol. The summed E-state index contributed by atoms with van der Waals surface area (Å²) in [6.45, 7) is 8.66. The molecule has 4 heterocycles. The minimum atomic E-state index is -0.638. The maximum absolute atomic E-state index is 13.3. The second kappa shape index (κ2) is 6.97. The summed E-state index contributed by atoms with van der Waals surface area (Å²) in [6, 6.07) is 3.84. The van der Waals surface area contributed by atoms with E-state index in [1.807, 2.05) is 39.8 Å². The first-order valence-electron chi connectivity index (χ1n) is 9.54. The SMILES string of the molecule is CCOc1cncc(-c2cc(C)c3c(n2)C(C)(C)N(c2cnn(CN)c2)C3=O)c1. The monoisotopic (exact) mass is 392 g/mol. The van der Waals surface area contributed by atoms with E-state index < -0.39 is 5.54 Å². The average Bonchev–Trinajstić information content (AvgIpc) is 3.23. The third-order valence-electron chi connectivity index (χ3n) is 5.16. The number of ether oxygens (including phenoxy) is 1. The summed E-state index contributed by atoms with van der Waals surface area (Å²) in [4.78, 5) is 24.2. The summed E-state index contributed by atoms with van der Waals surface area (Å²) in [5, 5.41) is 4.21. The highest BCUT2D eigenvalue weighted by Crippen LogP contribution is 2.43. The molecule has 0 aromatic carbocycles. The summed E-state index contributed by atoms with van der Waals surface area (Å²) in [5.41, 5.74) is 9.57. The number of hydrogen-bond acceptors (Lipinski definition) is 6. The lowest BCUT2D eigenvalue weighted by molar-refractivity contribution is 0.0981. The minimum Gasteiger partial charge on any atom is -0.492 e. The van der Waals surface area contributed by atoms with Gasteiger partial charge in [-0.1, -0.05) is 0 Å². The number of carbonyl (C=O) groups excluding carboxylic acids is 1. The van der Waals surface area contributed by atoms with Crippen LogP contribution in [0.5, 0.6) is 5.75 Å². The first-order valence-corrected chi connectivity index (χ1v) is 9.54. The van der Waals surface area contributed by atoms with E-state index in [-0.39, 0.29) is 12.6 Å². The number of pyridine rings is 2. The molecule has 8 nitrogen and oxygen atoms in total. The van der Waals surface area contributed by atoms with Gasteiger partial charge in [-0.25, -0.2) is 4.98 Å². The number of nitrogens with zero attached hydrogens (tertiary/aromatic N) is 5. The fourth-order valence-corrected chi connectivity index (χ4v) is 3.82. The van der Waals surface area contributed by atoms with Crippen molar-refractivity contribution >= 4 is 11.6 Å². The molecular weight excluding hydrogens is 368 g/mol. The Hall–Kier alpha value is -3.26. The number of aryl methyl sites for hydroxylation is 1. The predicted molar refractivity (Wildman–Crippen MR) is 110 cm³/mol. The highest BCUT2D eigenvalue weighted by atomic mass is 16.5. The van der Waals surface area contributed by atoms with Crippen LogP contribution in [0, 0.1) is 6.92 Å². The van der Waals surface area contributed by atoms with Crippen molar-refractivity contribution in [3.8, 4) is 17.0 Å². The second-order valence-corrected chi connectivity index (χ2v) is 7.51. The molecule has 1 aliphatic rings. The summed E-state index contributed by atoms with van der Waals surface area (Å²) in [6.07, 6.45) is 6.86. The molecule has 150 valence electrons. The first kappa shape index (κ1) is 19.1. The molecule has 0 atom stereocenters. The topological polar surface area (TPSA) is 99.2 Å². The second-order valence-electron chi connectivity index (χ2n) is 7.51. The molecule has 4 rings (SSSR count).